The highest BCUT2D eigenvalue weighted by Gasteiger charge is 2.60. The fraction of sp³-hybridized carbons (Fsp3) is 0.600. The Morgan fingerprint density at radius 2 is 2.00 bits per heavy atom. The average molecular weight is 271 g/mol. The maximum Gasteiger partial charge on any atom is 0.163 e. The third-order valence-corrected chi connectivity index (χ3v) is 4.80. The van der Waals surface area contributed by atoms with Gasteiger partial charge in [-0.05, 0) is 39.3 Å². The van der Waals surface area contributed by atoms with Crippen LogP contribution < -0.4 is 0 Å². The Hall–Kier alpha value is -1.46. The zero-order valence-corrected chi connectivity index (χ0v) is 11.8. The number of nitrogens with zero attached hydrogens (tertiary/aromatic N) is 3. The predicted molar refractivity (Wildman–Crippen MR) is 72.5 cm³/mol. The Morgan fingerprint density at radius 3 is 2.85 bits per heavy atom. The topological polar surface area (TPSA) is 49.2 Å². The van der Waals surface area contributed by atoms with Gasteiger partial charge in [0.15, 0.2) is 11.4 Å². The van der Waals surface area contributed by atoms with E-state index in [-0.39, 0.29) is 12.2 Å². The number of hydrogen-bond donors (Lipinski definition) is 0. The molecule has 2 aliphatic heterocycles. The van der Waals surface area contributed by atoms with Gasteiger partial charge in [0.1, 0.15) is 17.4 Å². The van der Waals surface area contributed by atoms with Crippen molar-refractivity contribution in [2.75, 3.05) is 0 Å². The Balaban J connectivity index is 1.71. The maximum atomic E-state index is 6.11. The van der Waals surface area contributed by atoms with Crippen molar-refractivity contribution >= 4 is 11.2 Å². The van der Waals surface area contributed by atoms with Gasteiger partial charge in [-0.15, -0.1) is 0 Å². The standard InChI is InChI=1S/C15H17N3O2/c1-7-4-5-9-14(16-7)18-10-6-8(13(18)17-9)11-12(10)20-15(2,3)19-11/h4-5,8,10-12H,6H2,1-3H3/t8-,10?,11+,12-/m0/s1. The number of hydrogen-bond acceptors (Lipinski definition) is 4. The molecule has 2 aromatic rings. The minimum Gasteiger partial charge on any atom is -0.344 e. The van der Waals surface area contributed by atoms with Gasteiger partial charge < -0.3 is 14.0 Å². The van der Waals surface area contributed by atoms with Crippen molar-refractivity contribution in [3.63, 3.8) is 0 Å². The third kappa shape index (κ3) is 1.21. The molecule has 104 valence electrons. The number of aromatic nitrogens is 3. The molecule has 0 radical (unpaired) electrons. The van der Waals surface area contributed by atoms with Crippen LogP contribution in [0.3, 0.4) is 0 Å². The van der Waals surface area contributed by atoms with Crippen molar-refractivity contribution < 1.29 is 9.47 Å². The fourth-order valence-corrected chi connectivity index (χ4v) is 4.13. The summed E-state index contributed by atoms with van der Waals surface area (Å²) >= 11 is 0. The van der Waals surface area contributed by atoms with Crippen LogP contribution in [0.5, 0.6) is 0 Å². The summed E-state index contributed by atoms with van der Waals surface area (Å²) in [7, 11) is 0. The van der Waals surface area contributed by atoms with Gasteiger partial charge in [0.2, 0.25) is 0 Å². The minimum atomic E-state index is -0.477. The second-order valence-corrected chi connectivity index (χ2v) is 6.61. The van der Waals surface area contributed by atoms with Gasteiger partial charge in [-0.25, -0.2) is 9.97 Å². The van der Waals surface area contributed by atoms with Crippen LogP contribution in [0.25, 0.3) is 11.2 Å². The highest BCUT2D eigenvalue weighted by atomic mass is 16.8. The van der Waals surface area contributed by atoms with Gasteiger partial charge in [-0.1, -0.05) is 0 Å². The number of imidazole rings is 1. The van der Waals surface area contributed by atoms with E-state index in [0.717, 1.165) is 29.1 Å². The molecule has 0 aromatic carbocycles. The van der Waals surface area contributed by atoms with E-state index >= 15 is 0 Å². The van der Waals surface area contributed by atoms with Gasteiger partial charge in [-0.2, -0.15) is 0 Å². The summed E-state index contributed by atoms with van der Waals surface area (Å²) < 4.78 is 14.5. The highest BCUT2D eigenvalue weighted by Crippen LogP contribution is 2.56. The van der Waals surface area contributed by atoms with Crippen LogP contribution in [0.1, 0.15) is 43.7 Å². The molecule has 1 saturated heterocycles. The molecule has 1 saturated carbocycles. The average Bonchev–Trinajstić information content (AvgIpc) is 3.04. The van der Waals surface area contributed by atoms with Crippen LogP contribution in [0.15, 0.2) is 12.1 Å². The summed E-state index contributed by atoms with van der Waals surface area (Å²) in [6, 6.07) is 4.40. The molecule has 0 spiro atoms. The van der Waals surface area contributed by atoms with Crippen LogP contribution in [0, 0.1) is 6.92 Å². The van der Waals surface area contributed by atoms with E-state index in [2.05, 4.69) is 15.6 Å². The fourth-order valence-electron chi connectivity index (χ4n) is 4.13. The van der Waals surface area contributed by atoms with E-state index in [0.29, 0.717) is 12.0 Å². The number of rotatable bonds is 0. The second kappa shape index (κ2) is 3.23. The molecule has 2 bridgehead atoms. The lowest BCUT2D eigenvalue weighted by molar-refractivity contribution is -0.154. The van der Waals surface area contributed by atoms with Crippen molar-refractivity contribution in [2.45, 2.75) is 57.1 Å². The molecular weight excluding hydrogens is 254 g/mol. The number of pyridine rings is 1. The van der Waals surface area contributed by atoms with E-state index in [1.165, 1.54) is 0 Å². The summed E-state index contributed by atoms with van der Waals surface area (Å²) in [5.41, 5.74) is 3.02. The number of fused-ring (bicyclic) bond motifs is 10. The van der Waals surface area contributed by atoms with E-state index in [4.69, 9.17) is 14.5 Å². The zero-order chi connectivity index (χ0) is 13.6. The molecule has 5 nitrogen and oxygen atoms in total. The highest BCUT2D eigenvalue weighted by molar-refractivity contribution is 5.73. The van der Waals surface area contributed by atoms with Crippen LogP contribution in [0.2, 0.25) is 0 Å². The van der Waals surface area contributed by atoms with Crippen LogP contribution in [0.4, 0.5) is 0 Å². The first-order chi connectivity index (χ1) is 9.53. The zero-order valence-electron chi connectivity index (χ0n) is 11.8. The Kier molecular flexibility index (Phi) is 1.81. The smallest absolute Gasteiger partial charge is 0.163 e. The summed E-state index contributed by atoms with van der Waals surface area (Å²) in [5, 5.41) is 0. The van der Waals surface area contributed by atoms with Gasteiger partial charge in [-0.3, -0.25) is 0 Å². The molecule has 1 unspecified atom stereocenters. The summed E-state index contributed by atoms with van der Waals surface area (Å²) in [4.78, 5) is 9.47. The molecule has 0 amide bonds. The van der Waals surface area contributed by atoms with Crippen LogP contribution >= 0.6 is 0 Å². The first-order valence-electron chi connectivity index (χ1n) is 7.25. The van der Waals surface area contributed by atoms with Crippen LogP contribution in [-0.4, -0.2) is 32.5 Å². The summed E-state index contributed by atoms with van der Waals surface area (Å²) in [5.74, 6) is 1.00. The molecule has 2 fully saturated rings. The number of ether oxygens (including phenoxy) is 2. The minimum absolute atomic E-state index is 0.141. The van der Waals surface area contributed by atoms with Crippen molar-refractivity contribution in [2.24, 2.45) is 0 Å². The SMILES string of the molecule is Cc1ccc2nc3n(c2n1)C1C[C@H]3[C@H]2OC(C)(C)O[C@@H]12. The van der Waals surface area contributed by atoms with Gasteiger partial charge in [0.05, 0.1) is 12.1 Å². The maximum absolute atomic E-state index is 6.11. The van der Waals surface area contributed by atoms with Gasteiger partial charge in [0.25, 0.3) is 0 Å². The molecule has 5 rings (SSSR count). The molecular formula is C15H17N3O2. The molecule has 2 aromatic heterocycles. The van der Waals surface area contributed by atoms with Gasteiger partial charge >= 0.3 is 0 Å². The van der Waals surface area contributed by atoms with Gasteiger partial charge in [0, 0.05) is 11.6 Å². The van der Waals surface area contributed by atoms with Crippen molar-refractivity contribution in [3.8, 4) is 0 Å². The molecule has 5 heteroatoms. The van der Waals surface area contributed by atoms with Crippen molar-refractivity contribution in [3.05, 3.63) is 23.7 Å². The quantitative estimate of drug-likeness (QED) is 0.737. The predicted octanol–water partition coefficient (Wildman–Crippen LogP) is 2.30. The molecule has 1 aliphatic carbocycles. The Bertz CT molecular complexity index is 736. The molecule has 0 N–H and O–H groups in total. The van der Waals surface area contributed by atoms with E-state index < -0.39 is 5.79 Å². The monoisotopic (exact) mass is 271 g/mol. The number of aryl methyl sites for hydroxylation is 1. The molecule has 3 aliphatic rings. The first-order valence-corrected chi connectivity index (χ1v) is 7.25. The lowest BCUT2D eigenvalue weighted by Gasteiger charge is -2.23. The molecule has 20 heavy (non-hydrogen) atoms. The lowest BCUT2D eigenvalue weighted by Crippen LogP contribution is -2.32. The Labute approximate surface area is 116 Å². The molecule has 4 heterocycles. The lowest BCUT2D eigenvalue weighted by atomic mass is 10.0. The van der Waals surface area contributed by atoms with E-state index in [9.17, 15) is 0 Å². The molecule has 4 atom stereocenters. The largest absolute Gasteiger partial charge is 0.344 e. The first kappa shape index (κ1) is 11.2. The third-order valence-electron chi connectivity index (χ3n) is 4.80. The second-order valence-electron chi connectivity index (χ2n) is 6.61. The Morgan fingerprint density at radius 1 is 1.20 bits per heavy atom. The summed E-state index contributed by atoms with van der Waals surface area (Å²) in [6.07, 6.45) is 1.36. The van der Waals surface area contributed by atoms with E-state index in [1.54, 1.807) is 0 Å². The van der Waals surface area contributed by atoms with E-state index in [1.807, 2.05) is 26.8 Å². The van der Waals surface area contributed by atoms with Crippen LogP contribution in [-0.2, 0) is 9.47 Å². The normalized spacial score (nSPS) is 36.5. The van der Waals surface area contributed by atoms with Crippen molar-refractivity contribution in [1.82, 2.24) is 14.5 Å². The summed E-state index contributed by atoms with van der Waals surface area (Å²) in [6.45, 7) is 6.01. The van der Waals surface area contributed by atoms with Crippen molar-refractivity contribution in [1.29, 1.82) is 0 Å².